The summed E-state index contributed by atoms with van der Waals surface area (Å²) in [6.45, 7) is 5.45. The molecule has 0 bridgehead atoms. The minimum Gasteiger partial charge on any atom is -0.368 e. The number of rotatable bonds is 4. The maximum absolute atomic E-state index is 3.39. The zero-order valence-electron chi connectivity index (χ0n) is 14.0. The Balaban J connectivity index is 1.43. The molecular formula is C20H23N3S. The number of anilines is 1. The van der Waals surface area contributed by atoms with Gasteiger partial charge in [-0.25, -0.2) is 0 Å². The third-order valence-electron chi connectivity index (χ3n) is 4.87. The summed E-state index contributed by atoms with van der Waals surface area (Å²) in [6, 6.07) is 17.3. The molecule has 1 fully saturated rings. The number of fused-ring (bicyclic) bond motifs is 1. The number of hydrogen-bond donors (Lipinski definition) is 1. The first-order valence-corrected chi connectivity index (χ1v) is 9.73. The minimum absolute atomic E-state index is 1.03. The van der Waals surface area contributed by atoms with E-state index in [9.17, 15) is 0 Å². The quantitative estimate of drug-likeness (QED) is 0.721. The van der Waals surface area contributed by atoms with Crippen LogP contribution in [0.4, 0.5) is 5.69 Å². The summed E-state index contributed by atoms with van der Waals surface area (Å²) in [5.74, 6) is 0. The van der Waals surface area contributed by atoms with Crippen molar-refractivity contribution in [2.45, 2.75) is 11.4 Å². The van der Waals surface area contributed by atoms with Crippen LogP contribution in [0.15, 0.2) is 59.6 Å². The number of H-pyrrole nitrogens is 1. The van der Waals surface area contributed by atoms with Gasteiger partial charge < -0.3 is 9.88 Å². The SMILES string of the molecule is CSc1ccccc1N1CCN(Cc2c[nH]c3ccccc23)CC1. The Morgan fingerprint density at radius 2 is 1.71 bits per heavy atom. The van der Waals surface area contributed by atoms with Gasteiger partial charge in [0.15, 0.2) is 0 Å². The lowest BCUT2D eigenvalue weighted by Gasteiger charge is -2.36. The lowest BCUT2D eigenvalue weighted by molar-refractivity contribution is 0.250. The normalized spacial score (nSPS) is 16.0. The fraction of sp³-hybridized carbons (Fsp3) is 0.300. The number of thioether (sulfide) groups is 1. The Morgan fingerprint density at radius 3 is 2.54 bits per heavy atom. The first-order valence-electron chi connectivity index (χ1n) is 8.50. The van der Waals surface area contributed by atoms with Crippen molar-refractivity contribution in [3.05, 3.63) is 60.3 Å². The Bertz CT molecular complexity index is 818. The van der Waals surface area contributed by atoms with Crippen molar-refractivity contribution in [2.24, 2.45) is 0 Å². The highest BCUT2D eigenvalue weighted by Gasteiger charge is 2.19. The predicted octanol–water partition coefficient (Wildman–Crippen LogP) is 4.21. The number of nitrogens with zero attached hydrogens (tertiary/aromatic N) is 2. The Labute approximate surface area is 147 Å². The van der Waals surface area contributed by atoms with Gasteiger partial charge in [-0.3, -0.25) is 4.90 Å². The second-order valence-corrected chi connectivity index (χ2v) is 7.14. The van der Waals surface area contributed by atoms with Gasteiger partial charge in [-0.05, 0) is 30.0 Å². The fourth-order valence-electron chi connectivity index (χ4n) is 3.54. The highest BCUT2D eigenvalue weighted by atomic mass is 32.2. The molecule has 2 heterocycles. The van der Waals surface area contributed by atoms with Gasteiger partial charge in [0.05, 0.1) is 5.69 Å². The van der Waals surface area contributed by atoms with Crippen molar-refractivity contribution in [1.82, 2.24) is 9.88 Å². The molecule has 4 rings (SSSR count). The molecule has 1 N–H and O–H groups in total. The number of aromatic amines is 1. The molecule has 24 heavy (non-hydrogen) atoms. The van der Waals surface area contributed by atoms with Gasteiger partial charge in [0.25, 0.3) is 0 Å². The molecule has 4 heteroatoms. The van der Waals surface area contributed by atoms with E-state index in [4.69, 9.17) is 0 Å². The van der Waals surface area contributed by atoms with Gasteiger partial charge >= 0.3 is 0 Å². The Kier molecular flexibility index (Phi) is 4.50. The molecule has 0 amide bonds. The molecule has 3 aromatic rings. The number of para-hydroxylation sites is 2. The van der Waals surface area contributed by atoms with E-state index in [1.54, 1.807) is 0 Å². The topological polar surface area (TPSA) is 22.3 Å². The molecule has 1 aliphatic heterocycles. The zero-order chi connectivity index (χ0) is 16.4. The third kappa shape index (κ3) is 3.04. The van der Waals surface area contributed by atoms with Crippen molar-refractivity contribution in [1.29, 1.82) is 0 Å². The van der Waals surface area contributed by atoms with Gasteiger partial charge in [0.1, 0.15) is 0 Å². The highest BCUT2D eigenvalue weighted by Crippen LogP contribution is 2.29. The lowest BCUT2D eigenvalue weighted by atomic mass is 10.1. The average Bonchev–Trinajstić information content (AvgIpc) is 3.05. The van der Waals surface area contributed by atoms with E-state index in [1.807, 2.05) is 11.8 Å². The van der Waals surface area contributed by atoms with Gasteiger partial charge in [0.2, 0.25) is 0 Å². The van der Waals surface area contributed by atoms with Crippen LogP contribution in [-0.4, -0.2) is 42.3 Å². The number of hydrogen-bond acceptors (Lipinski definition) is 3. The van der Waals surface area contributed by atoms with Crippen LogP contribution in [0.5, 0.6) is 0 Å². The molecule has 0 saturated carbocycles. The van der Waals surface area contributed by atoms with Gasteiger partial charge in [-0.1, -0.05) is 30.3 Å². The van der Waals surface area contributed by atoms with Gasteiger partial charge in [-0.2, -0.15) is 0 Å². The van der Waals surface area contributed by atoms with Crippen LogP contribution in [0.2, 0.25) is 0 Å². The van der Waals surface area contributed by atoms with Crippen molar-refractivity contribution < 1.29 is 0 Å². The van der Waals surface area contributed by atoms with Gasteiger partial charge in [0, 0.05) is 54.7 Å². The van der Waals surface area contributed by atoms with Crippen LogP contribution < -0.4 is 4.90 Å². The zero-order valence-corrected chi connectivity index (χ0v) is 14.9. The number of aromatic nitrogens is 1. The van der Waals surface area contributed by atoms with Crippen molar-refractivity contribution >= 4 is 28.4 Å². The van der Waals surface area contributed by atoms with Crippen LogP contribution in [-0.2, 0) is 6.54 Å². The molecule has 1 aliphatic rings. The van der Waals surface area contributed by atoms with Crippen LogP contribution in [0, 0.1) is 0 Å². The smallest absolute Gasteiger partial charge is 0.0505 e. The summed E-state index contributed by atoms with van der Waals surface area (Å²) < 4.78 is 0. The number of nitrogens with one attached hydrogen (secondary N) is 1. The largest absolute Gasteiger partial charge is 0.368 e. The summed E-state index contributed by atoms with van der Waals surface area (Å²) in [5, 5.41) is 1.35. The Morgan fingerprint density at radius 1 is 0.958 bits per heavy atom. The standard InChI is InChI=1S/C20H23N3S/c1-24-20-9-5-4-8-19(20)23-12-10-22(11-13-23)15-16-14-21-18-7-3-2-6-17(16)18/h2-9,14,21H,10-13,15H2,1H3. The van der Waals surface area contributed by atoms with Crippen LogP contribution in [0.3, 0.4) is 0 Å². The number of benzene rings is 2. The highest BCUT2D eigenvalue weighted by molar-refractivity contribution is 7.98. The average molecular weight is 337 g/mol. The first kappa shape index (κ1) is 15.6. The summed E-state index contributed by atoms with van der Waals surface area (Å²) in [6.07, 6.45) is 4.33. The molecule has 2 aromatic carbocycles. The van der Waals surface area contributed by atoms with E-state index in [0.717, 1.165) is 32.7 Å². The van der Waals surface area contributed by atoms with Crippen LogP contribution in [0.1, 0.15) is 5.56 Å². The van der Waals surface area contributed by atoms with Crippen molar-refractivity contribution in [3.63, 3.8) is 0 Å². The Hall–Kier alpha value is -1.91. The molecule has 1 saturated heterocycles. The second kappa shape index (κ2) is 6.91. The van der Waals surface area contributed by atoms with E-state index in [-0.39, 0.29) is 0 Å². The van der Waals surface area contributed by atoms with E-state index < -0.39 is 0 Å². The number of piperazine rings is 1. The molecule has 0 unspecified atom stereocenters. The molecule has 0 aliphatic carbocycles. The van der Waals surface area contributed by atoms with Crippen LogP contribution >= 0.6 is 11.8 Å². The molecular weight excluding hydrogens is 314 g/mol. The predicted molar refractivity (Wildman–Crippen MR) is 104 cm³/mol. The molecule has 0 atom stereocenters. The minimum atomic E-state index is 1.03. The third-order valence-corrected chi connectivity index (χ3v) is 5.65. The maximum Gasteiger partial charge on any atom is 0.0505 e. The fourth-order valence-corrected chi connectivity index (χ4v) is 4.16. The lowest BCUT2D eigenvalue weighted by Crippen LogP contribution is -2.46. The van der Waals surface area contributed by atoms with Gasteiger partial charge in [-0.15, -0.1) is 11.8 Å². The molecule has 1 aromatic heterocycles. The first-order chi connectivity index (χ1) is 11.8. The summed E-state index contributed by atoms with van der Waals surface area (Å²) in [5.41, 5.74) is 4.03. The van der Waals surface area contributed by atoms with Crippen molar-refractivity contribution in [3.8, 4) is 0 Å². The van der Waals surface area contributed by atoms with E-state index >= 15 is 0 Å². The van der Waals surface area contributed by atoms with Crippen molar-refractivity contribution in [2.75, 3.05) is 37.3 Å². The maximum atomic E-state index is 3.39. The summed E-state index contributed by atoms with van der Waals surface area (Å²) in [7, 11) is 0. The van der Waals surface area contributed by atoms with E-state index in [0.29, 0.717) is 0 Å². The molecule has 0 radical (unpaired) electrons. The molecule has 3 nitrogen and oxygen atoms in total. The monoisotopic (exact) mass is 337 g/mol. The summed E-state index contributed by atoms with van der Waals surface area (Å²) in [4.78, 5) is 9.85. The van der Waals surface area contributed by atoms with E-state index in [1.165, 1.54) is 27.0 Å². The van der Waals surface area contributed by atoms with Crippen LogP contribution in [0.25, 0.3) is 10.9 Å². The summed E-state index contributed by atoms with van der Waals surface area (Å²) >= 11 is 1.84. The molecule has 124 valence electrons. The molecule has 0 spiro atoms. The van der Waals surface area contributed by atoms with E-state index in [2.05, 4.69) is 75.8 Å². The second-order valence-electron chi connectivity index (χ2n) is 6.29.